The average Bonchev–Trinajstić information content (AvgIpc) is 2.88. The smallest absolute Gasteiger partial charge is 0.0813 e. The minimum atomic E-state index is 1.12. The van der Waals surface area contributed by atoms with Crippen LogP contribution in [-0.4, -0.2) is 18.1 Å². The third kappa shape index (κ3) is 1.28. The molecule has 0 aliphatic carbocycles. The number of anilines is 1. The molecule has 0 radical (unpaired) electrons. The van der Waals surface area contributed by atoms with Gasteiger partial charge in [0.15, 0.2) is 0 Å². The monoisotopic (exact) mass is 204 g/mol. The van der Waals surface area contributed by atoms with E-state index < -0.39 is 0 Å². The molecule has 0 bridgehead atoms. The highest BCUT2D eigenvalue weighted by Crippen LogP contribution is 2.26. The fourth-order valence-corrected chi connectivity index (χ4v) is 2.73. The maximum absolute atomic E-state index is 4.29. The van der Waals surface area contributed by atoms with Gasteiger partial charge in [0.2, 0.25) is 0 Å². The van der Waals surface area contributed by atoms with Gasteiger partial charge in [0.05, 0.1) is 15.7 Å². The topological polar surface area (TPSA) is 16.1 Å². The van der Waals surface area contributed by atoms with E-state index in [4.69, 9.17) is 0 Å². The van der Waals surface area contributed by atoms with Gasteiger partial charge in [-0.1, -0.05) is 0 Å². The molecule has 0 saturated carbocycles. The van der Waals surface area contributed by atoms with Crippen LogP contribution in [-0.2, 0) is 0 Å². The van der Waals surface area contributed by atoms with Crippen LogP contribution in [0.3, 0.4) is 0 Å². The summed E-state index contributed by atoms with van der Waals surface area (Å²) in [6.45, 7) is 2.43. The first kappa shape index (κ1) is 8.24. The van der Waals surface area contributed by atoms with Crippen molar-refractivity contribution in [2.45, 2.75) is 12.8 Å². The molecule has 3 rings (SSSR count). The van der Waals surface area contributed by atoms with Crippen LogP contribution >= 0.6 is 11.3 Å². The van der Waals surface area contributed by atoms with E-state index in [0.29, 0.717) is 0 Å². The van der Waals surface area contributed by atoms with Gasteiger partial charge in [0, 0.05) is 18.8 Å². The fourth-order valence-electron chi connectivity index (χ4n) is 2.02. The van der Waals surface area contributed by atoms with E-state index in [-0.39, 0.29) is 0 Å². The molecule has 0 N–H and O–H groups in total. The van der Waals surface area contributed by atoms with Crippen molar-refractivity contribution in [3.05, 3.63) is 23.7 Å². The van der Waals surface area contributed by atoms with E-state index in [2.05, 4.69) is 28.1 Å². The Morgan fingerprint density at radius 3 is 2.93 bits per heavy atom. The van der Waals surface area contributed by atoms with Crippen molar-refractivity contribution >= 4 is 27.2 Å². The zero-order valence-electron chi connectivity index (χ0n) is 7.94. The highest BCUT2D eigenvalue weighted by atomic mass is 32.1. The van der Waals surface area contributed by atoms with Crippen LogP contribution in [0.4, 0.5) is 5.69 Å². The lowest BCUT2D eigenvalue weighted by Gasteiger charge is -2.16. The quantitative estimate of drug-likeness (QED) is 0.710. The van der Waals surface area contributed by atoms with Gasteiger partial charge in [-0.15, -0.1) is 11.3 Å². The molecule has 0 spiro atoms. The molecule has 2 nitrogen and oxygen atoms in total. The van der Waals surface area contributed by atoms with Gasteiger partial charge in [0.1, 0.15) is 0 Å². The molecular formula is C11H12N2S. The van der Waals surface area contributed by atoms with E-state index in [1.54, 1.807) is 11.3 Å². The van der Waals surface area contributed by atoms with Gasteiger partial charge in [0.25, 0.3) is 0 Å². The Morgan fingerprint density at radius 1 is 1.21 bits per heavy atom. The van der Waals surface area contributed by atoms with Crippen LogP contribution in [0.5, 0.6) is 0 Å². The zero-order valence-corrected chi connectivity index (χ0v) is 8.76. The molecule has 0 amide bonds. The third-order valence-electron chi connectivity index (χ3n) is 2.79. The number of rotatable bonds is 1. The largest absolute Gasteiger partial charge is 0.371 e. The van der Waals surface area contributed by atoms with E-state index in [0.717, 1.165) is 5.52 Å². The first-order valence-corrected chi connectivity index (χ1v) is 5.90. The standard InChI is InChI=1S/C11H12N2S/c1-2-6-13(5-1)9-3-4-10-11(7-9)14-8-12-10/h3-4,7-8H,1-2,5-6H2. The molecule has 1 aromatic heterocycles. The maximum atomic E-state index is 4.29. The number of benzene rings is 1. The first-order valence-electron chi connectivity index (χ1n) is 5.02. The molecular weight excluding hydrogens is 192 g/mol. The van der Waals surface area contributed by atoms with Gasteiger partial charge in [-0.25, -0.2) is 4.98 Å². The van der Waals surface area contributed by atoms with Crippen molar-refractivity contribution in [2.75, 3.05) is 18.0 Å². The zero-order chi connectivity index (χ0) is 9.38. The predicted molar refractivity (Wildman–Crippen MR) is 61.1 cm³/mol. The Balaban J connectivity index is 2.04. The second kappa shape index (κ2) is 3.24. The van der Waals surface area contributed by atoms with Crippen LogP contribution in [0.1, 0.15) is 12.8 Å². The normalized spacial score (nSPS) is 16.7. The summed E-state index contributed by atoms with van der Waals surface area (Å²) in [5.41, 5.74) is 4.40. The summed E-state index contributed by atoms with van der Waals surface area (Å²) in [5.74, 6) is 0. The molecule has 0 unspecified atom stereocenters. The lowest BCUT2D eigenvalue weighted by Crippen LogP contribution is -2.17. The molecule has 2 heterocycles. The average molecular weight is 204 g/mol. The number of hydrogen-bond acceptors (Lipinski definition) is 3. The van der Waals surface area contributed by atoms with E-state index >= 15 is 0 Å². The second-order valence-electron chi connectivity index (χ2n) is 3.70. The first-order chi connectivity index (χ1) is 6.93. The number of thiazole rings is 1. The molecule has 72 valence electrons. The Bertz CT molecular complexity index is 443. The summed E-state index contributed by atoms with van der Waals surface area (Å²) in [6, 6.07) is 6.57. The van der Waals surface area contributed by atoms with Crippen LogP contribution in [0.25, 0.3) is 10.2 Å². The van der Waals surface area contributed by atoms with Crippen LogP contribution in [0, 0.1) is 0 Å². The molecule has 2 aromatic rings. The summed E-state index contributed by atoms with van der Waals surface area (Å²) in [4.78, 5) is 6.74. The molecule has 1 fully saturated rings. The van der Waals surface area contributed by atoms with Crippen molar-refractivity contribution < 1.29 is 0 Å². The van der Waals surface area contributed by atoms with E-state index in [9.17, 15) is 0 Å². The van der Waals surface area contributed by atoms with Gasteiger partial charge in [-0.3, -0.25) is 0 Å². The minimum absolute atomic E-state index is 1.12. The Kier molecular flexibility index (Phi) is 1.91. The molecule has 14 heavy (non-hydrogen) atoms. The lowest BCUT2D eigenvalue weighted by molar-refractivity contribution is 0.949. The van der Waals surface area contributed by atoms with Crippen molar-refractivity contribution in [3.8, 4) is 0 Å². The van der Waals surface area contributed by atoms with Crippen molar-refractivity contribution in [3.63, 3.8) is 0 Å². The summed E-state index contributed by atoms with van der Waals surface area (Å²) < 4.78 is 1.30. The maximum Gasteiger partial charge on any atom is 0.0813 e. The Labute approximate surface area is 87.2 Å². The van der Waals surface area contributed by atoms with Gasteiger partial charge in [-0.2, -0.15) is 0 Å². The number of aromatic nitrogens is 1. The summed E-state index contributed by atoms with van der Waals surface area (Å²) in [5, 5.41) is 0. The molecule has 1 aromatic carbocycles. The molecule has 1 aliphatic rings. The van der Waals surface area contributed by atoms with Gasteiger partial charge >= 0.3 is 0 Å². The molecule has 3 heteroatoms. The van der Waals surface area contributed by atoms with E-state index in [1.807, 2.05) is 5.51 Å². The fraction of sp³-hybridized carbons (Fsp3) is 0.364. The highest BCUT2D eigenvalue weighted by Gasteiger charge is 2.12. The molecule has 1 saturated heterocycles. The number of fused-ring (bicyclic) bond motifs is 1. The minimum Gasteiger partial charge on any atom is -0.371 e. The molecule has 1 aliphatic heterocycles. The SMILES string of the molecule is c1nc2ccc(N3CCCC3)cc2s1. The second-order valence-corrected chi connectivity index (χ2v) is 4.58. The number of hydrogen-bond donors (Lipinski definition) is 0. The van der Waals surface area contributed by atoms with E-state index in [1.165, 1.54) is 36.3 Å². The Hall–Kier alpha value is -1.09. The van der Waals surface area contributed by atoms with Gasteiger partial charge in [-0.05, 0) is 31.0 Å². The van der Waals surface area contributed by atoms with Crippen molar-refractivity contribution in [1.82, 2.24) is 4.98 Å². The van der Waals surface area contributed by atoms with Crippen LogP contribution < -0.4 is 4.90 Å². The predicted octanol–water partition coefficient (Wildman–Crippen LogP) is 2.90. The van der Waals surface area contributed by atoms with Crippen LogP contribution in [0.2, 0.25) is 0 Å². The summed E-state index contributed by atoms with van der Waals surface area (Å²) in [7, 11) is 0. The molecule has 0 atom stereocenters. The van der Waals surface area contributed by atoms with Gasteiger partial charge < -0.3 is 4.90 Å². The number of nitrogens with zero attached hydrogens (tertiary/aromatic N) is 2. The van der Waals surface area contributed by atoms with Crippen molar-refractivity contribution in [2.24, 2.45) is 0 Å². The van der Waals surface area contributed by atoms with Crippen molar-refractivity contribution in [1.29, 1.82) is 0 Å². The summed E-state index contributed by atoms with van der Waals surface area (Å²) >= 11 is 1.72. The highest BCUT2D eigenvalue weighted by molar-refractivity contribution is 7.16. The third-order valence-corrected chi connectivity index (χ3v) is 3.58. The Morgan fingerprint density at radius 2 is 2.07 bits per heavy atom. The lowest BCUT2D eigenvalue weighted by atomic mass is 10.3. The van der Waals surface area contributed by atoms with Crippen LogP contribution in [0.15, 0.2) is 23.7 Å². The summed E-state index contributed by atoms with van der Waals surface area (Å²) in [6.07, 6.45) is 2.67.